The molecule has 0 fully saturated rings. The van der Waals surface area contributed by atoms with Crippen LogP contribution in [0.15, 0.2) is 30.7 Å². The highest BCUT2D eigenvalue weighted by molar-refractivity contribution is 5.74. The summed E-state index contributed by atoms with van der Waals surface area (Å²) in [5.74, 6) is 0.618. The van der Waals surface area contributed by atoms with Gasteiger partial charge in [-0.25, -0.2) is 4.39 Å². The number of nitrogens with zero attached hydrogens (tertiary/aromatic N) is 6. The second-order valence-electron chi connectivity index (χ2n) is 3.49. The van der Waals surface area contributed by atoms with Gasteiger partial charge in [0, 0.05) is 18.5 Å². The summed E-state index contributed by atoms with van der Waals surface area (Å²) in [6, 6.07) is 3.58. The Labute approximate surface area is 95.7 Å². The number of halogens is 1. The van der Waals surface area contributed by atoms with Gasteiger partial charge in [0.25, 0.3) is 0 Å². The fraction of sp³-hybridized carbons (Fsp3) is 0.200. The predicted molar refractivity (Wildman–Crippen MR) is 58.4 cm³/mol. The van der Waals surface area contributed by atoms with Crippen molar-refractivity contribution >= 4 is 11.0 Å². The third-order valence-corrected chi connectivity index (χ3v) is 2.41. The van der Waals surface area contributed by atoms with Gasteiger partial charge in [-0.05, 0) is 6.07 Å². The molecule has 7 heteroatoms. The summed E-state index contributed by atoms with van der Waals surface area (Å²) in [6.07, 6.45) is 5.02. The largest absolute Gasteiger partial charge is 0.268 e. The lowest BCUT2D eigenvalue weighted by atomic mass is 10.4. The molecule has 86 valence electrons. The Balaban J connectivity index is 2.07. The van der Waals surface area contributed by atoms with Crippen molar-refractivity contribution in [3.63, 3.8) is 0 Å². The zero-order chi connectivity index (χ0) is 11.7. The molecule has 3 aromatic rings. The standard InChI is InChI=1S/C10H9FN6/c11-3-6-16-5-2-10(14-16)17-9-1-4-12-7-8(9)13-15-17/h1-2,4-5,7H,3,6H2. The number of pyridine rings is 1. The molecule has 3 heterocycles. The van der Waals surface area contributed by atoms with E-state index in [-0.39, 0.29) is 6.54 Å². The van der Waals surface area contributed by atoms with E-state index in [4.69, 9.17) is 0 Å². The van der Waals surface area contributed by atoms with E-state index in [1.165, 1.54) is 4.68 Å². The van der Waals surface area contributed by atoms with Crippen LogP contribution in [0.3, 0.4) is 0 Å². The molecule has 0 unspecified atom stereocenters. The highest BCUT2D eigenvalue weighted by Gasteiger charge is 2.08. The van der Waals surface area contributed by atoms with Crippen LogP contribution < -0.4 is 0 Å². The van der Waals surface area contributed by atoms with Crippen molar-refractivity contribution in [1.82, 2.24) is 29.8 Å². The molecule has 0 aliphatic rings. The van der Waals surface area contributed by atoms with Crippen molar-refractivity contribution in [3.05, 3.63) is 30.7 Å². The van der Waals surface area contributed by atoms with Gasteiger partial charge >= 0.3 is 0 Å². The minimum Gasteiger partial charge on any atom is -0.268 e. The molecule has 0 saturated heterocycles. The molecule has 3 aromatic heterocycles. The maximum Gasteiger partial charge on any atom is 0.177 e. The molecule has 0 saturated carbocycles. The predicted octanol–water partition coefficient (Wildman–Crippen LogP) is 0.981. The lowest BCUT2D eigenvalue weighted by Gasteiger charge is -1.97. The van der Waals surface area contributed by atoms with Crippen LogP contribution in [0.4, 0.5) is 4.39 Å². The Morgan fingerprint density at radius 3 is 3.12 bits per heavy atom. The highest BCUT2D eigenvalue weighted by atomic mass is 19.1. The van der Waals surface area contributed by atoms with Crippen molar-refractivity contribution < 1.29 is 4.39 Å². The second kappa shape index (κ2) is 3.93. The monoisotopic (exact) mass is 232 g/mol. The fourth-order valence-corrected chi connectivity index (χ4v) is 1.62. The number of fused-ring (bicyclic) bond motifs is 1. The summed E-state index contributed by atoms with van der Waals surface area (Å²) in [7, 11) is 0. The van der Waals surface area contributed by atoms with E-state index in [1.54, 1.807) is 29.3 Å². The number of hydrogen-bond donors (Lipinski definition) is 0. The highest BCUT2D eigenvalue weighted by Crippen LogP contribution is 2.12. The van der Waals surface area contributed by atoms with Crippen LogP contribution in [0, 0.1) is 0 Å². The first-order valence-electron chi connectivity index (χ1n) is 5.14. The molecule has 0 aromatic carbocycles. The molecule has 0 aliphatic heterocycles. The molecular weight excluding hydrogens is 223 g/mol. The molecule has 0 N–H and O–H groups in total. The van der Waals surface area contributed by atoms with Crippen molar-refractivity contribution in [3.8, 4) is 5.82 Å². The molecule has 3 rings (SSSR count). The molecule has 17 heavy (non-hydrogen) atoms. The topological polar surface area (TPSA) is 61.4 Å². The molecule has 0 radical (unpaired) electrons. The summed E-state index contributed by atoms with van der Waals surface area (Å²) < 4.78 is 15.3. The Kier molecular flexibility index (Phi) is 2.28. The van der Waals surface area contributed by atoms with Crippen molar-refractivity contribution in [1.29, 1.82) is 0 Å². The SMILES string of the molecule is FCCn1ccc(-n2nnc3cnccc32)n1. The van der Waals surface area contributed by atoms with Crippen LogP contribution >= 0.6 is 0 Å². The lowest BCUT2D eigenvalue weighted by Crippen LogP contribution is -2.03. The third-order valence-electron chi connectivity index (χ3n) is 2.41. The maximum atomic E-state index is 12.2. The molecule has 0 spiro atoms. The summed E-state index contributed by atoms with van der Waals surface area (Å²) in [4.78, 5) is 3.96. The van der Waals surface area contributed by atoms with Crippen molar-refractivity contribution in [2.45, 2.75) is 6.54 Å². The second-order valence-corrected chi connectivity index (χ2v) is 3.49. The van der Waals surface area contributed by atoms with Crippen molar-refractivity contribution in [2.24, 2.45) is 0 Å². The number of aryl methyl sites for hydroxylation is 1. The normalized spacial score (nSPS) is 11.1. The zero-order valence-electron chi connectivity index (χ0n) is 8.86. The molecule has 0 atom stereocenters. The van der Waals surface area contributed by atoms with Crippen LogP contribution in [0.1, 0.15) is 0 Å². The number of hydrogen-bond acceptors (Lipinski definition) is 4. The first kappa shape index (κ1) is 9.88. The van der Waals surface area contributed by atoms with Crippen molar-refractivity contribution in [2.75, 3.05) is 6.67 Å². The maximum absolute atomic E-state index is 12.2. The Morgan fingerprint density at radius 2 is 2.24 bits per heavy atom. The van der Waals surface area contributed by atoms with Gasteiger partial charge < -0.3 is 0 Å². The van der Waals surface area contributed by atoms with E-state index in [9.17, 15) is 4.39 Å². The molecule has 6 nitrogen and oxygen atoms in total. The Morgan fingerprint density at radius 1 is 1.29 bits per heavy atom. The third kappa shape index (κ3) is 1.65. The first-order valence-corrected chi connectivity index (χ1v) is 5.14. The number of aromatic nitrogens is 6. The minimum atomic E-state index is -0.441. The summed E-state index contributed by atoms with van der Waals surface area (Å²) in [5, 5.41) is 12.2. The fourth-order valence-electron chi connectivity index (χ4n) is 1.62. The van der Waals surface area contributed by atoms with Crippen LogP contribution in [0.25, 0.3) is 16.9 Å². The van der Waals surface area contributed by atoms with Gasteiger partial charge in [-0.1, -0.05) is 5.21 Å². The Hall–Kier alpha value is -2.31. The van der Waals surface area contributed by atoms with Gasteiger partial charge in [-0.15, -0.1) is 5.10 Å². The lowest BCUT2D eigenvalue weighted by molar-refractivity contribution is 0.426. The van der Waals surface area contributed by atoms with E-state index in [2.05, 4.69) is 20.4 Å². The minimum absolute atomic E-state index is 0.244. The summed E-state index contributed by atoms with van der Waals surface area (Å²) in [6.45, 7) is -0.197. The van der Waals surface area contributed by atoms with E-state index in [0.29, 0.717) is 11.3 Å². The van der Waals surface area contributed by atoms with E-state index in [0.717, 1.165) is 5.52 Å². The molecule has 0 aliphatic carbocycles. The van der Waals surface area contributed by atoms with Gasteiger partial charge in [0.15, 0.2) is 5.82 Å². The quantitative estimate of drug-likeness (QED) is 0.675. The van der Waals surface area contributed by atoms with Gasteiger partial charge in [-0.3, -0.25) is 9.67 Å². The van der Waals surface area contributed by atoms with Gasteiger partial charge in [0.2, 0.25) is 0 Å². The molecule has 0 amide bonds. The Bertz CT molecular complexity index is 643. The van der Waals surface area contributed by atoms with Crippen LogP contribution in [0.2, 0.25) is 0 Å². The van der Waals surface area contributed by atoms with Crippen LogP contribution in [-0.4, -0.2) is 36.4 Å². The van der Waals surface area contributed by atoms with Gasteiger partial charge in [0.05, 0.1) is 18.3 Å². The number of alkyl halides is 1. The van der Waals surface area contributed by atoms with Gasteiger partial charge in [-0.2, -0.15) is 9.78 Å². The smallest absolute Gasteiger partial charge is 0.177 e. The summed E-state index contributed by atoms with van der Waals surface area (Å²) >= 11 is 0. The summed E-state index contributed by atoms with van der Waals surface area (Å²) in [5.41, 5.74) is 1.53. The van der Waals surface area contributed by atoms with Crippen LogP contribution in [-0.2, 0) is 6.54 Å². The van der Waals surface area contributed by atoms with E-state index >= 15 is 0 Å². The molecule has 0 bridgehead atoms. The zero-order valence-corrected chi connectivity index (χ0v) is 8.86. The van der Waals surface area contributed by atoms with E-state index in [1.807, 2.05) is 6.07 Å². The average Bonchev–Trinajstić information content (AvgIpc) is 2.95. The molecular formula is C10H9FN6. The van der Waals surface area contributed by atoms with E-state index < -0.39 is 6.67 Å². The average molecular weight is 232 g/mol. The number of rotatable bonds is 3. The first-order chi connectivity index (χ1) is 8.38. The van der Waals surface area contributed by atoms with Crippen LogP contribution in [0.5, 0.6) is 0 Å². The van der Waals surface area contributed by atoms with Gasteiger partial charge in [0.1, 0.15) is 12.2 Å².